The zero-order chi connectivity index (χ0) is 25.8. The van der Waals surface area contributed by atoms with Crippen LogP contribution in [0.25, 0.3) is 5.69 Å². The average molecular weight is 499 g/mol. The van der Waals surface area contributed by atoms with Crippen LogP contribution in [0.1, 0.15) is 29.3 Å². The molecule has 2 heterocycles. The third-order valence-electron chi connectivity index (χ3n) is 5.72. The number of hydrogen-bond donors (Lipinski definition) is 2. The lowest BCUT2D eigenvalue weighted by atomic mass is 10.2. The van der Waals surface area contributed by atoms with Crippen LogP contribution in [0.5, 0.6) is 23.0 Å². The van der Waals surface area contributed by atoms with E-state index in [2.05, 4.69) is 15.7 Å². The van der Waals surface area contributed by atoms with Gasteiger partial charge in [0.15, 0.2) is 22.9 Å². The van der Waals surface area contributed by atoms with E-state index in [0.717, 1.165) is 12.0 Å². The van der Waals surface area contributed by atoms with Crippen molar-refractivity contribution in [3.05, 3.63) is 94.4 Å². The molecule has 1 aliphatic heterocycles. The summed E-state index contributed by atoms with van der Waals surface area (Å²) >= 11 is 0. The van der Waals surface area contributed by atoms with Gasteiger partial charge in [0.25, 0.3) is 11.5 Å². The van der Waals surface area contributed by atoms with Gasteiger partial charge in [0.05, 0.1) is 11.9 Å². The van der Waals surface area contributed by atoms with E-state index in [1.54, 1.807) is 42.5 Å². The van der Waals surface area contributed by atoms with E-state index in [0.29, 0.717) is 40.7 Å². The summed E-state index contributed by atoms with van der Waals surface area (Å²) in [6.45, 7) is 4.68. The van der Waals surface area contributed by atoms with Crippen molar-refractivity contribution in [2.45, 2.75) is 20.3 Å². The van der Waals surface area contributed by atoms with Crippen LogP contribution in [-0.2, 0) is 0 Å². The highest BCUT2D eigenvalue weighted by Crippen LogP contribution is 2.37. The molecule has 0 radical (unpaired) electrons. The molecule has 188 valence electrons. The van der Waals surface area contributed by atoms with Crippen molar-refractivity contribution in [2.75, 3.05) is 18.7 Å². The van der Waals surface area contributed by atoms with Crippen LogP contribution in [0.2, 0.25) is 0 Å². The van der Waals surface area contributed by atoms with Gasteiger partial charge in [-0.2, -0.15) is 9.78 Å². The van der Waals surface area contributed by atoms with Crippen LogP contribution >= 0.6 is 0 Å². The molecule has 0 atom stereocenters. The predicted molar refractivity (Wildman–Crippen MR) is 140 cm³/mol. The summed E-state index contributed by atoms with van der Waals surface area (Å²) in [6.07, 6.45) is 2.31. The lowest BCUT2D eigenvalue weighted by Crippen LogP contribution is -2.25. The molecule has 1 aliphatic rings. The molecule has 0 fully saturated rings. The first-order chi connectivity index (χ1) is 18.0. The van der Waals surface area contributed by atoms with Gasteiger partial charge in [0.1, 0.15) is 5.75 Å². The lowest BCUT2D eigenvalue weighted by molar-refractivity contribution is 0.0953. The van der Waals surface area contributed by atoms with Crippen molar-refractivity contribution in [2.24, 2.45) is 0 Å². The number of aromatic nitrogens is 2. The second-order valence-corrected chi connectivity index (χ2v) is 8.52. The Morgan fingerprint density at radius 1 is 1.05 bits per heavy atom. The number of aryl methyl sites for hydroxylation is 1. The number of anilines is 2. The minimum Gasteiger partial charge on any atom is -0.454 e. The molecule has 0 bridgehead atoms. The SMILES string of the molecule is CCCNC(=O)c1cccc(Nc2c(Oc3ccc4c(c3)OCO4)cnn(-c3ccc(C)cc3)c2=O)c1. The van der Waals surface area contributed by atoms with E-state index in [9.17, 15) is 9.59 Å². The van der Waals surface area contributed by atoms with Crippen LogP contribution in [0.4, 0.5) is 11.4 Å². The van der Waals surface area contributed by atoms with Crippen molar-refractivity contribution in [3.8, 4) is 28.7 Å². The molecular formula is C28H26N4O5. The summed E-state index contributed by atoms with van der Waals surface area (Å²) in [6, 6.07) is 19.6. The summed E-state index contributed by atoms with van der Waals surface area (Å²) in [5.41, 5.74) is 2.46. The Kier molecular flexibility index (Phi) is 6.76. The Labute approximate surface area is 213 Å². The maximum atomic E-state index is 13.7. The van der Waals surface area contributed by atoms with E-state index in [4.69, 9.17) is 14.2 Å². The minimum atomic E-state index is -0.414. The molecule has 0 unspecified atom stereocenters. The van der Waals surface area contributed by atoms with Gasteiger partial charge in [0.2, 0.25) is 6.79 Å². The second-order valence-electron chi connectivity index (χ2n) is 8.52. The predicted octanol–water partition coefficient (Wildman–Crippen LogP) is 4.95. The van der Waals surface area contributed by atoms with Gasteiger partial charge >= 0.3 is 0 Å². The molecular weight excluding hydrogens is 472 g/mol. The molecule has 0 saturated heterocycles. The van der Waals surface area contributed by atoms with Gasteiger partial charge in [0, 0.05) is 23.9 Å². The summed E-state index contributed by atoms with van der Waals surface area (Å²) in [4.78, 5) is 26.1. The largest absolute Gasteiger partial charge is 0.454 e. The number of nitrogens with one attached hydrogen (secondary N) is 2. The monoisotopic (exact) mass is 498 g/mol. The molecule has 2 N–H and O–H groups in total. The number of benzene rings is 3. The number of amides is 1. The molecule has 9 heteroatoms. The van der Waals surface area contributed by atoms with Crippen molar-refractivity contribution < 1.29 is 19.0 Å². The van der Waals surface area contributed by atoms with Gasteiger partial charge in [-0.1, -0.05) is 30.7 Å². The highest BCUT2D eigenvalue weighted by Gasteiger charge is 2.18. The second kappa shape index (κ2) is 10.4. The zero-order valence-corrected chi connectivity index (χ0v) is 20.5. The number of hydrogen-bond acceptors (Lipinski definition) is 7. The highest BCUT2D eigenvalue weighted by molar-refractivity contribution is 5.95. The Morgan fingerprint density at radius 3 is 2.68 bits per heavy atom. The summed E-state index contributed by atoms with van der Waals surface area (Å²) in [5, 5.41) is 10.4. The van der Waals surface area contributed by atoms with Crippen LogP contribution in [0, 0.1) is 6.92 Å². The molecule has 9 nitrogen and oxygen atoms in total. The Bertz CT molecular complexity index is 1500. The van der Waals surface area contributed by atoms with Crippen molar-refractivity contribution in [1.29, 1.82) is 0 Å². The third-order valence-corrected chi connectivity index (χ3v) is 5.72. The molecule has 3 aromatic carbocycles. The quantitative estimate of drug-likeness (QED) is 0.354. The van der Waals surface area contributed by atoms with Gasteiger partial charge < -0.3 is 24.8 Å². The van der Waals surface area contributed by atoms with E-state index >= 15 is 0 Å². The maximum Gasteiger partial charge on any atom is 0.299 e. The fourth-order valence-electron chi connectivity index (χ4n) is 3.79. The Morgan fingerprint density at radius 2 is 1.86 bits per heavy atom. The number of ether oxygens (including phenoxy) is 3. The summed E-state index contributed by atoms with van der Waals surface area (Å²) in [7, 11) is 0. The van der Waals surface area contributed by atoms with E-state index in [1.807, 2.05) is 38.1 Å². The molecule has 0 aliphatic carbocycles. The first-order valence-electron chi connectivity index (χ1n) is 11.9. The smallest absolute Gasteiger partial charge is 0.299 e. The van der Waals surface area contributed by atoms with Crippen LogP contribution in [0.15, 0.2) is 77.7 Å². The number of carbonyl (C=O) groups is 1. The fraction of sp³-hybridized carbons (Fsp3) is 0.179. The molecule has 37 heavy (non-hydrogen) atoms. The third kappa shape index (κ3) is 5.25. The van der Waals surface area contributed by atoms with E-state index in [-0.39, 0.29) is 24.1 Å². The number of carbonyl (C=O) groups excluding carboxylic acids is 1. The average Bonchev–Trinajstić information content (AvgIpc) is 3.38. The van der Waals surface area contributed by atoms with Crippen molar-refractivity contribution >= 4 is 17.3 Å². The van der Waals surface area contributed by atoms with Gasteiger partial charge in [-0.15, -0.1) is 0 Å². The van der Waals surface area contributed by atoms with Gasteiger partial charge in [-0.3, -0.25) is 9.59 Å². The molecule has 0 saturated carbocycles. The van der Waals surface area contributed by atoms with E-state index < -0.39 is 5.56 Å². The first-order valence-corrected chi connectivity index (χ1v) is 11.9. The standard InChI is InChI=1S/C28H26N4O5/c1-3-13-29-27(33)19-5-4-6-20(14-19)31-26-25(37-22-11-12-23-24(15-22)36-17-35-23)16-30-32(28(26)34)21-9-7-18(2)8-10-21/h4-12,14-16,31H,3,13,17H2,1-2H3,(H,29,33). The molecule has 4 aromatic rings. The first kappa shape index (κ1) is 23.9. The van der Waals surface area contributed by atoms with Gasteiger partial charge in [-0.05, 0) is 55.8 Å². The molecule has 0 spiro atoms. The Hall–Kier alpha value is -4.79. The maximum absolute atomic E-state index is 13.7. The highest BCUT2D eigenvalue weighted by atomic mass is 16.7. The molecule has 1 aromatic heterocycles. The fourth-order valence-corrected chi connectivity index (χ4v) is 3.79. The molecule has 5 rings (SSSR count). The van der Waals surface area contributed by atoms with Crippen LogP contribution in [0.3, 0.4) is 0 Å². The van der Waals surface area contributed by atoms with Crippen LogP contribution in [-0.4, -0.2) is 29.0 Å². The lowest BCUT2D eigenvalue weighted by Gasteiger charge is -2.15. The van der Waals surface area contributed by atoms with Crippen LogP contribution < -0.4 is 30.4 Å². The topological polar surface area (TPSA) is 104 Å². The van der Waals surface area contributed by atoms with Crippen molar-refractivity contribution in [3.63, 3.8) is 0 Å². The number of nitrogens with zero attached hydrogens (tertiary/aromatic N) is 2. The summed E-state index contributed by atoms with van der Waals surface area (Å²) in [5.74, 6) is 1.66. The molecule has 1 amide bonds. The minimum absolute atomic E-state index is 0.141. The van der Waals surface area contributed by atoms with Crippen molar-refractivity contribution in [1.82, 2.24) is 15.1 Å². The van der Waals surface area contributed by atoms with Gasteiger partial charge in [-0.25, -0.2) is 0 Å². The number of rotatable bonds is 8. The van der Waals surface area contributed by atoms with E-state index in [1.165, 1.54) is 10.9 Å². The normalized spacial score (nSPS) is 11.7. The zero-order valence-electron chi connectivity index (χ0n) is 20.5. The number of fused-ring (bicyclic) bond motifs is 1. The summed E-state index contributed by atoms with van der Waals surface area (Å²) < 4.78 is 18.2. The Balaban J connectivity index is 1.53.